The van der Waals surface area contributed by atoms with Crippen molar-refractivity contribution in [1.82, 2.24) is 24.8 Å². The second-order valence-corrected chi connectivity index (χ2v) is 7.21. The normalized spacial score (nSPS) is 13.8. The van der Waals surface area contributed by atoms with E-state index in [1.165, 1.54) is 12.1 Å². The first-order chi connectivity index (χ1) is 13.4. The lowest BCUT2D eigenvalue weighted by Crippen LogP contribution is -2.45. The molecule has 3 aromatic heterocycles. The zero-order valence-electron chi connectivity index (χ0n) is 15.9. The first-order valence-electron chi connectivity index (χ1n) is 9.07. The van der Waals surface area contributed by atoms with Crippen LogP contribution < -0.4 is 11.1 Å². The van der Waals surface area contributed by atoms with Gasteiger partial charge in [-0.1, -0.05) is 26.0 Å². The Morgan fingerprint density at radius 2 is 1.96 bits per heavy atom. The van der Waals surface area contributed by atoms with Crippen molar-refractivity contribution in [2.75, 3.05) is 5.32 Å². The van der Waals surface area contributed by atoms with Crippen LogP contribution in [0.4, 0.5) is 16.0 Å². The molecule has 0 fully saturated rings. The number of hydrogen-bond acceptors (Lipinski definition) is 5. The van der Waals surface area contributed by atoms with E-state index < -0.39 is 5.54 Å². The predicted molar refractivity (Wildman–Crippen MR) is 106 cm³/mol. The summed E-state index contributed by atoms with van der Waals surface area (Å²) in [6.45, 7) is 5.92. The van der Waals surface area contributed by atoms with Crippen LogP contribution in [0, 0.1) is 18.7 Å². The Bertz CT molecular complexity index is 1110. The van der Waals surface area contributed by atoms with Crippen LogP contribution in [0.25, 0.3) is 5.52 Å². The summed E-state index contributed by atoms with van der Waals surface area (Å²) in [4.78, 5) is 4.75. The molecule has 0 saturated heterocycles. The Balaban J connectivity index is 1.87. The molecule has 28 heavy (non-hydrogen) atoms. The van der Waals surface area contributed by atoms with E-state index in [1.54, 1.807) is 16.6 Å². The van der Waals surface area contributed by atoms with Crippen LogP contribution in [0.1, 0.15) is 30.9 Å². The number of fused-ring (bicyclic) bond motifs is 1. The number of nitrogens with one attached hydrogen (secondary N) is 2. The largest absolute Gasteiger partial charge is 0.322 e. The molecule has 0 aliphatic heterocycles. The zero-order valence-corrected chi connectivity index (χ0v) is 15.9. The fraction of sp³-hybridized carbons (Fsp3) is 0.250. The van der Waals surface area contributed by atoms with E-state index in [4.69, 9.17) is 10.7 Å². The van der Waals surface area contributed by atoms with Crippen molar-refractivity contribution in [2.24, 2.45) is 11.7 Å². The highest BCUT2D eigenvalue weighted by molar-refractivity contribution is 5.72. The summed E-state index contributed by atoms with van der Waals surface area (Å²) in [7, 11) is 0. The van der Waals surface area contributed by atoms with Crippen LogP contribution >= 0.6 is 0 Å². The molecule has 0 amide bonds. The van der Waals surface area contributed by atoms with Gasteiger partial charge < -0.3 is 11.1 Å². The van der Waals surface area contributed by atoms with Crippen molar-refractivity contribution < 1.29 is 4.39 Å². The molecule has 0 radical (unpaired) electrons. The lowest BCUT2D eigenvalue weighted by molar-refractivity contribution is 0.357. The van der Waals surface area contributed by atoms with Gasteiger partial charge in [0.25, 0.3) is 0 Å². The molecule has 1 aromatic carbocycles. The number of hydrogen-bond donors (Lipinski definition) is 3. The van der Waals surface area contributed by atoms with Crippen molar-refractivity contribution in [2.45, 2.75) is 26.3 Å². The number of aromatic nitrogens is 5. The molecule has 1 unspecified atom stereocenters. The number of nitrogens with two attached hydrogens (primary N) is 1. The summed E-state index contributed by atoms with van der Waals surface area (Å²) in [5.74, 6) is 1.34. The number of anilines is 2. The van der Waals surface area contributed by atoms with Gasteiger partial charge in [0, 0.05) is 18.0 Å². The molecule has 7 nitrogen and oxygen atoms in total. The highest BCUT2D eigenvalue weighted by Crippen LogP contribution is 2.33. The molecular formula is C20H22FN7. The maximum Gasteiger partial charge on any atom is 0.176 e. The SMILES string of the molecule is Cc1cc(Nc2nc(C(N)(c3ccc(F)cc3)C(C)C)nn3cccc23)n[nH]1. The van der Waals surface area contributed by atoms with Gasteiger partial charge in [0.05, 0.1) is 0 Å². The fourth-order valence-electron chi connectivity index (χ4n) is 3.25. The van der Waals surface area contributed by atoms with Gasteiger partial charge in [-0.3, -0.25) is 5.10 Å². The second-order valence-electron chi connectivity index (χ2n) is 7.21. The summed E-state index contributed by atoms with van der Waals surface area (Å²) in [6.07, 6.45) is 1.84. The summed E-state index contributed by atoms with van der Waals surface area (Å²) in [5, 5.41) is 15.0. The Morgan fingerprint density at radius 3 is 2.61 bits per heavy atom. The lowest BCUT2D eigenvalue weighted by atomic mass is 9.80. The third-order valence-corrected chi connectivity index (χ3v) is 4.95. The molecule has 4 rings (SSSR count). The van der Waals surface area contributed by atoms with Crippen LogP contribution in [-0.2, 0) is 5.54 Å². The monoisotopic (exact) mass is 379 g/mol. The maximum absolute atomic E-state index is 13.5. The van der Waals surface area contributed by atoms with E-state index in [0.717, 1.165) is 16.8 Å². The molecule has 0 aliphatic carbocycles. The van der Waals surface area contributed by atoms with Crippen LogP contribution in [-0.4, -0.2) is 24.8 Å². The summed E-state index contributed by atoms with van der Waals surface area (Å²) < 4.78 is 15.2. The van der Waals surface area contributed by atoms with Gasteiger partial charge in [-0.2, -0.15) is 10.2 Å². The molecule has 1 atom stereocenters. The first-order valence-corrected chi connectivity index (χ1v) is 9.07. The number of nitrogens with zero attached hydrogens (tertiary/aromatic N) is 4. The van der Waals surface area contributed by atoms with Gasteiger partial charge in [-0.15, -0.1) is 0 Å². The molecule has 4 N–H and O–H groups in total. The van der Waals surface area contributed by atoms with Crippen LogP contribution in [0.2, 0.25) is 0 Å². The summed E-state index contributed by atoms with van der Waals surface area (Å²) in [6, 6.07) is 11.9. The summed E-state index contributed by atoms with van der Waals surface area (Å²) in [5.41, 5.74) is 8.34. The molecular weight excluding hydrogens is 357 g/mol. The predicted octanol–water partition coefficient (Wildman–Crippen LogP) is 3.50. The van der Waals surface area contributed by atoms with Gasteiger partial charge in [0.1, 0.15) is 16.9 Å². The lowest BCUT2D eigenvalue weighted by Gasteiger charge is -2.32. The van der Waals surface area contributed by atoms with Crippen LogP contribution in [0.3, 0.4) is 0 Å². The third kappa shape index (κ3) is 3.01. The molecule has 0 spiro atoms. The van der Waals surface area contributed by atoms with E-state index in [2.05, 4.69) is 20.6 Å². The third-order valence-electron chi connectivity index (χ3n) is 4.95. The highest BCUT2D eigenvalue weighted by Gasteiger charge is 2.37. The van der Waals surface area contributed by atoms with Crippen molar-refractivity contribution in [3.8, 4) is 0 Å². The Labute approximate surface area is 161 Å². The van der Waals surface area contributed by atoms with E-state index in [1.807, 2.05) is 45.2 Å². The van der Waals surface area contributed by atoms with E-state index in [0.29, 0.717) is 17.5 Å². The molecule has 8 heteroatoms. The number of aryl methyl sites for hydroxylation is 1. The van der Waals surface area contributed by atoms with E-state index in [9.17, 15) is 4.39 Å². The smallest absolute Gasteiger partial charge is 0.176 e. The van der Waals surface area contributed by atoms with Gasteiger partial charge >= 0.3 is 0 Å². The number of benzene rings is 1. The molecule has 0 saturated carbocycles. The second kappa shape index (κ2) is 6.72. The van der Waals surface area contributed by atoms with Gasteiger partial charge in [0.2, 0.25) is 0 Å². The molecule has 0 aliphatic rings. The van der Waals surface area contributed by atoms with Crippen molar-refractivity contribution >= 4 is 17.2 Å². The van der Waals surface area contributed by atoms with Crippen molar-refractivity contribution in [1.29, 1.82) is 0 Å². The van der Waals surface area contributed by atoms with E-state index in [-0.39, 0.29) is 11.7 Å². The number of H-pyrrole nitrogens is 1. The Morgan fingerprint density at radius 1 is 1.21 bits per heavy atom. The number of halogens is 1. The number of aromatic amines is 1. The van der Waals surface area contributed by atoms with Crippen molar-refractivity contribution in [3.63, 3.8) is 0 Å². The molecule has 4 aromatic rings. The van der Waals surface area contributed by atoms with Crippen LogP contribution in [0.15, 0.2) is 48.7 Å². The zero-order chi connectivity index (χ0) is 19.9. The van der Waals surface area contributed by atoms with E-state index >= 15 is 0 Å². The van der Waals surface area contributed by atoms with Gasteiger partial charge in [0.15, 0.2) is 17.5 Å². The first kappa shape index (κ1) is 18.1. The fourth-order valence-corrected chi connectivity index (χ4v) is 3.25. The Hall–Kier alpha value is -3.26. The minimum Gasteiger partial charge on any atom is -0.322 e. The Kier molecular flexibility index (Phi) is 4.35. The maximum atomic E-state index is 13.5. The standard InChI is InChI=1S/C20H22FN7/c1-12(2)20(22,14-6-8-15(21)9-7-14)19-24-18(16-5-4-10-28(16)27-19)23-17-11-13(3)25-26-17/h4-12H,22H2,1-3H3,(H2,23,24,25,26,27). The van der Waals surface area contributed by atoms with Crippen molar-refractivity contribution in [3.05, 3.63) is 71.6 Å². The van der Waals surface area contributed by atoms with Gasteiger partial charge in [-0.05, 0) is 42.7 Å². The quantitative estimate of drug-likeness (QED) is 0.493. The average molecular weight is 379 g/mol. The average Bonchev–Trinajstić information content (AvgIpc) is 3.30. The minimum absolute atomic E-state index is 0.0357. The minimum atomic E-state index is -0.996. The molecule has 3 heterocycles. The highest BCUT2D eigenvalue weighted by atomic mass is 19.1. The summed E-state index contributed by atoms with van der Waals surface area (Å²) >= 11 is 0. The van der Waals surface area contributed by atoms with Crippen LogP contribution in [0.5, 0.6) is 0 Å². The molecule has 0 bridgehead atoms. The topological polar surface area (TPSA) is 96.9 Å². The number of rotatable bonds is 5. The van der Waals surface area contributed by atoms with Gasteiger partial charge in [-0.25, -0.2) is 13.9 Å². The molecule has 144 valence electrons.